The second kappa shape index (κ2) is 13.3. The molecule has 0 unspecified atom stereocenters. The Hall–Kier alpha value is -6.00. The van der Waals surface area contributed by atoms with Crippen molar-refractivity contribution in [1.82, 2.24) is 4.40 Å². The van der Waals surface area contributed by atoms with Crippen LogP contribution in [0, 0.1) is 0 Å². The maximum absolute atomic E-state index is 10.2. The monoisotopic (exact) mass is 976 g/mol. The van der Waals surface area contributed by atoms with Gasteiger partial charge >= 0.3 is 0 Å². The van der Waals surface area contributed by atoms with E-state index >= 15 is 0 Å². The Kier molecular flexibility index (Phi) is 6.79. The van der Waals surface area contributed by atoms with Gasteiger partial charge in [-0.05, 0) is 178 Å². The third-order valence-electron chi connectivity index (χ3n) is 20.0. The van der Waals surface area contributed by atoms with Crippen LogP contribution in [0.5, 0.6) is 0 Å². The lowest BCUT2D eigenvalue weighted by molar-refractivity contribution is 0.402. The van der Waals surface area contributed by atoms with Crippen LogP contribution >= 0.6 is 0 Å². The second-order valence-corrected chi connectivity index (χ2v) is 29.2. The van der Waals surface area contributed by atoms with E-state index in [4.69, 9.17) is 0 Å². The summed E-state index contributed by atoms with van der Waals surface area (Å²) in [7, 11) is 0. The number of benzene rings is 7. The molecule has 2 aromatic heterocycles. The molecular formula is C70H74BN3. The molecule has 372 valence electrons. The van der Waals surface area contributed by atoms with Gasteiger partial charge in [-0.25, -0.2) is 0 Å². The van der Waals surface area contributed by atoms with E-state index in [1.54, 1.807) is 0 Å². The fourth-order valence-corrected chi connectivity index (χ4v) is 18.2. The zero-order valence-corrected chi connectivity index (χ0v) is 46.5. The maximum Gasteiger partial charge on any atom is 0.252 e. The fourth-order valence-electron chi connectivity index (χ4n) is 18.2. The van der Waals surface area contributed by atoms with Crippen LogP contribution in [0.3, 0.4) is 0 Å². The summed E-state index contributed by atoms with van der Waals surface area (Å²) in [5.41, 5.74) is 19.1. The van der Waals surface area contributed by atoms with Gasteiger partial charge in [0.2, 0.25) is 0 Å². The third kappa shape index (κ3) is 5.46. The summed E-state index contributed by atoms with van der Waals surface area (Å²) in [6.07, 6.45) is 3.87. The van der Waals surface area contributed by atoms with Gasteiger partial charge in [0, 0.05) is 44.3 Å². The van der Waals surface area contributed by atoms with Crippen molar-refractivity contribution in [2.45, 2.75) is 180 Å². The number of rotatable bonds is 2. The van der Waals surface area contributed by atoms with E-state index in [0.717, 1.165) is 76.2 Å². The first kappa shape index (κ1) is 37.7. The van der Waals surface area contributed by atoms with Gasteiger partial charge in [0.25, 0.3) is 6.71 Å². The Morgan fingerprint density at radius 2 is 0.716 bits per heavy atom. The maximum atomic E-state index is 10.2. The number of hydrogen-bond acceptors (Lipinski definition) is 2. The Balaban J connectivity index is 1.25. The van der Waals surface area contributed by atoms with Gasteiger partial charge < -0.3 is 14.2 Å². The van der Waals surface area contributed by atoms with Gasteiger partial charge in [-0.2, -0.15) is 0 Å². The van der Waals surface area contributed by atoms with E-state index in [9.17, 15) is 11.0 Å². The minimum Gasteiger partial charge on any atom is -0.311 e. The van der Waals surface area contributed by atoms with Crippen LogP contribution in [-0.4, -0.2) is 11.1 Å². The van der Waals surface area contributed by atoms with Gasteiger partial charge in [-0.15, -0.1) is 0 Å². The molecule has 0 radical (unpaired) electrons. The van der Waals surface area contributed by atoms with Gasteiger partial charge in [-0.3, -0.25) is 0 Å². The Bertz CT molecular complexity index is 4250. The van der Waals surface area contributed by atoms with E-state index in [1.807, 2.05) is 4.40 Å². The fraction of sp³-hybridized carbons (Fsp3) is 0.400. The third-order valence-corrected chi connectivity index (χ3v) is 20.0. The minimum absolute atomic E-state index is 0.0738. The van der Waals surface area contributed by atoms with E-state index in [1.165, 1.54) is 44.5 Å². The van der Waals surface area contributed by atoms with Crippen LogP contribution in [0.15, 0.2) is 109 Å². The van der Waals surface area contributed by atoms with Crippen LogP contribution in [0.25, 0.3) is 38.1 Å². The summed E-state index contributed by atoms with van der Waals surface area (Å²) in [5, 5.41) is 1.91. The van der Waals surface area contributed by atoms with Crippen molar-refractivity contribution in [2.24, 2.45) is 0 Å². The lowest BCUT2D eigenvalue weighted by Gasteiger charge is -2.46. The SMILES string of the molecule is [2H]c1c([2H])c([2H])c2c(c1[2H])c1c3c4c(c5c6c([2H])c([2H])c([2H])c([2H])c6n2c15)N(c1ccc2c(c1)C(C)(C)CC2(C)C)c1cc2c(cc1B4c1cc4c(cc1N3c1ccc3c(c1)C(C)(C)CC3(C)C)C(C)(C)CC4(C)C)C(C)(C)CC2(C)C. The predicted octanol–water partition coefficient (Wildman–Crippen LogP) is 16.8. The largest absolute Gasteiger partial charge is 0.311 e. The average Bonchev–Trinajstić information content (AvgIpc) is 1.40. The molecule has 0 fully saturated rings. The smallest absolute Gasteiger partial charge is 0.252 e. The summed E-state index contributed by atoms with van der Waals surface area (Å²) in [6.45, 7) is 37.4. The summed E-state index contributed by atoms with van der Waals surface area (Å²) >= 11 is 0. The predicted molar refractivity (Wildman–Crippen MR) is 318 cm³/mol. The number of anilines is 6. The van der Waals surface area contributed by atoms with E-state index in [2.05, 4.69) is 181 Å². The molecule has 6 aliphatic rings. The molecule has 4 heteroatoms. The number of aromatic nitrogens is 1. The summed E-state index contributed by atoms with van der Waals surface area (Å²) in [4.78, 5) is 4.91. The Morgan fingerprint density at radius 1 is 0.392 bits per heavy atom. The zero-order valence-electron chi connectivity index (χ0n) is 54.5. The van der Waals surface area contributed by atoms with Gasteiger partial charge in [0.05, 0.1) is 38.9 Å². The van der Waals surface area contributed by atoms with E-state index < -0.39 is 18.8 Å². The summed E-state index contributed by atoms with van der Waals surface area (Å²) in [6, 6.07) is 21.7. The molecule has 4 heterocycles. The number of nitrogens with zero attached hydrogens (tertiary/aromatic N) is 3. The molecule has 0 N–H and O–H groups in total. The molecule has 0 atom stereocenters. The molecule has 7 aromatic carbocycles. The van der Waals surface area contributed by atoms with E-state index in [0.29, 0.717) is 27.1 Å². The van der Waals surface area contributed by atoms with Crippen LogP contribution in [0.2, 0.25) is 0 Å². The summed E-state index contributed by atoms with van der Waals surface area (Å²) < 4.78 is 79.8. The normalized spacial score (nSPS) is 23.3. The average molecular weight is 976 g/mol. The van der Waals surface area contributed by atoms with Crippen molar-refractivity contribution >= 4 is 95.3 Å². The number of para-hydroxylation sites is 2. The van der Waals surface area contributed by atoms with Crippen molar-refractivity contribution in [3.63, 3.8) is 0 Å². The van der Waals surface area contributed by atoms with E-state index in [-0.39, 0.29) is 90.6 Å². The van der Waals surface area contributed by atoms with Crippen molar-refractivity contribution in [3.05, 3.63) is 154 Å². The highest BCUT2D eigenvalue weighted by Crippen LogP contribution is 2.60. The van der Waals surface area contributed by atoms with Crippen LogP contribution in [-0.2, 0) is 43.3 Å². The van der Waals surface area contributed by atoms with Crippen molar-refractivity contribution < 1.29 is 11.0 Å². The quantitative estimate of drug-likeness (QED) is 0.160. The highest BCUT2D eigenvalue weighted by molar-refractivity contribution is 7.01. The Labute approximate surface area is 452 Å². The summed E-state index contributed by atoms with van der Waals surface area (Å²) in [5.74, 6) is 0. The molecule has 2 aliphatic heterocycles. The first-order chi connectivity index (χ1) is 38.0. The highest BCUT2D eigenvalue weighted by atomic mass is 15.2. The molecule has 9 aromatic rings. The van der Waals surface area contributed by atoms with Gasteiger partial charge in [0.1, 0.15) is 0 Å². The first-order valence-corrected chi connectivity index (χ1v) is 27.5. The second-order valence-electron chi connectivity index (χ2n) is 29.2. The van der Waals surface area contributed by atoms with Crippen LogP contribution in [0.1, 0.15) is 192 Å². The van der Waals surface area contributed by atoms with Crippen LogP contribution in [0.4, 0.5) is 34.1 Å². The first-order valence-electron chi connectivity index (χ1n) is 31.5. The topological polar surface area (TPSA) is 10.9 Å². The zero-order chi connectivity index (χ0) is 58.7. The lowest BCUT2D eigenvalue weighted by Crippen LogP contribution is -2.62. The van der Waals surface area contributed by atoms with Crippen molar-refractivity contribution in [2.75, 3.05) is 9.80 Å². The molecule has 4 aliphatic carbocycles. The number of hydrogen-bond donors (Lipinski definition) is 0. The molecule has 0 saturated heterocycles. The molecule has 0 amide bonds. The molecular weight excluding hydrogens is 894 g/mol. The minimum atomic E-state index is -0.430. The van der Waals surface area contributed by atoms with Crippen LogP contribution < -0.4 is 26.2 Å². The molecule has 0 bridgehead atoms. The molecule has 0 spiro atoms. The molecule has 15 rings (SSSR count). The lowest BCUT2D eigenvalue weighted by atomic mass is 9.32. The molecule has 3 nitrogen and oxygen atoms in total. The van der Waals surface area contributed by atoms with Crippen molar-refractivity contribution in [1.29, 1.82) is 0 Å². The van der Waals surface area contributed by atoms with Crippen molar-refractivity contribution in [3.8, 4) is 0 Å². The van der Waals surface area contributed by atoms with Gasteiger partial charge in [0.15, 0.2) is 0 Å². The standard InChI is InChI=1S/C70H74BN3/c1-63(2)35-65(5,6)45-29-39(25-27-43(45)63)72-55-33-49-47(67(9,10)37-69(49,13)14)31-51(55)71-52-32-48-50(70(15,16)38-68(48,11)12)34-56(52)73(40-26-28-44-46(30-40)66(7,8)36-64(44,3)4)62-58-42-22-18-20-24-54(42)74-53-23-19-17-21-41(53)57(60(58)74)61(72)59(62)71/h17-34H,35-38H2,1-16H3/i17D,18D,19D,20D,21D,22D,23D,24D. The molecule has 74 heavy (non-hydrogen) atoms. The highest BCUT2D eigenvalue weighted by Gasteiger charge is 2.53. The molecule has 0 saturated carbocycles. The Morgan fingerprint density at radius 3 is 1.09 bits per heavy atom. The number of fused-ring (bicyclic) bond motifs is 16. The van der Waals surface area contributed by atoms with Gasteiger partial charge in [-0.1, -0.05) is 171 Å².